The third kappa shape index (κ3) is 9.72. The van der Waals surface area contributed by atoms with Crippen LogP contribution < -0.4 is 10.6 Å². The summed E-state index contributed by atoms with van der Waals surface area (Å²) in [5, 5.41) is 15.0. The summed E-state index contributed by atoms with van der Waals surface area (Å²) in [4.78, 5) is 36.2. The molecule has 0 aromatic heterocycles. The molecule has 0 bridgehead atoms. The Hall–Kier alpha value is -3.35. The molecule has 1 unspecified atom stereocenters. The van der Waals surface area contributed by atoms with Gasteiger partial charge in [0.15, 0.2) is 0 Å². The maximum atomic E-state index is 12.5. The molecule has 0 saturated carbocycles. The van der Waals surface area contributed by atoms with Gasteiger partial charge in [-0.3, -0.25) is 4.79 Å². The number of rotatable bonds is 18. The molecule has 1 atom stereocenters. The Labute approximate surface area is 232 Å². The number of fused-ring (bicyclic) bond motifs is 3. The van der Waals surface area contributed by atoms with Crippen molar-refractivity contribution in [3.63, 3.8) is 0 Å². The van der Waals surface area contributed by atoms with Crippen molar-refractivity contribution in [3.05, 3.63) is 59.7 Å². The summed E-state index contributed by atoms with van der Waals surface area (Å²) < 4.78 is 5.49. The molecule has 2 aromatic carbocycles. The number of carboxylic acid groups (broad SMARTS) is 1. The van der Waals surface area contributed by atoms with E-state index in [2.05, 4.69) is 29.7 Å². The van der Waals surface area contributed by atoms with Crippen LogP contribution >= 0.6 is 0 Å². The van der Waals surface area contributed by atoms with E-state index in [-0.39, 0.29) is 24.9 Å². The van der Waals surface area contributed by atoms with Crippen molar-refractivity contribution in [2.75, 3.05) is 13.2 Å². The van der Waals surface area contributed by atoms with Gasteiger partial charge in [0.25, 0.3) is 0 Å². The van der Waals surface area contributed by atoms with Crippen LogP contribution in [-0.2, 0) is 14.3 Å². The highest BCUT2D eigenvalue weighted by Gasteiger charge is 2.29. The van der Waals surface area contributed by atoms with Crippen LogP contribution in [0.25, 0.3) is 11.1 Å². The molecule has 0 spiro atoms. The molecular weight excluding hydrogens is 492 g/mol. The van der Waals surface area contributed by atoms with Crippen molar-refractivity contribution in [1.29, 1.82) is 0 Å². The number of unbranched alkanes of at least 4 members (excludes halogenated alkanes) is 8. The molecule has 212 valence electrons. The highest BCUT2D eigenvalue weighted by Crippen LogP contribution is 2.44. The third-order valence-corrected chi connectivity index (χ3v) is 7.43. The lowest BCUT2D eigenvalue weighted by Crippen LogP contribution is -2.41. The maximum Gasteiger partial charge on any atom is 0.407 e. The van der Waals surface area contributed by atoms with Crippen molar-refractivity contribution in [2.24, 2.45) is 0 Å². The van der Waals surface area contributed by atoms with Gasteiger partial charge in [-0.15, -0.1) is 0 Å². The van der Waals surface area contributed by atoms with Crippen LogP contribution in [0.5, 0.6) is 0 Å². The third-order valence-electron chi connectivity index (χ3n) is 7.43. The Kier molecular flexibility index (Phi) is 12.8. The van der Waals surface area contributed by atoms with E-state index < -0.39 is 18.1 Å². The second kappa shape index (κ2) is 16.6. The molecule has 0 fully saturated rings. The first-order valence-corrected chi connectivity index (χ1v) is 14.6. The van der Waals surface area contributed by atoms with Gasteiger partial charge in [0.2, 0.25) is 5.91 Å². The topological polar surface area (TPSA) is 105 Å². The van der Waals surface area contributed by atoms with Gasteiger partial charge in [0, 0.05) is 18.9 Å². The van der Waals surface area contributed by atoms with Crippen molar-refractivity contribution < 1.29 is 24.2 Å². The fraction of sp³-hybridized carbons (Fsp3) is 0.531. The number of aliphatic carboxylic acids is 1. The van der Waals surface area contributed by atoms with Crippen LogP contribution in [0.2, 0.25) is 0 Å². The fourth-order valence-electron chi connectivity index (χ4n) is 5.25. The second-order valence-corrected chi connectivity index (χ2v) is 10.4. The average Bonchev–Trinajstić information content (AvgIpc) is 3.26. The number of nitrogens with one attached hydrogen (secondary N) is 2. The van der Waals surface area contributed by atoms with Crippen LogP contribution in [0, 0.1) is 0 Å². The summed E-state index contributed by atoms with van der Waals surface area (Å²) in [7, 11) is 0. The van der Waals surface area contributed by atoms with Gasteiger partial charge in [-0.25, -0.2) is 9.59 Å². The molecule has 3 N–H and O–H groups in total. The molecule has 3 rings (SSSR count). The molecule has 1 aliphatic rings. The number of carboxylic acids is 1. The van der Waals surface area contributed by atoms with Gasteiger partial charge in [0.05, 0.1) is 0 Å². The van der Waals surface area contributed by atoms with Gasteiger partial charge in [-0.1, -0.05) is 100 Å². The van der Waals surface area contributed by atoms with E-state index in [1.807, 2.05) is 36.4 Å². The zero-order chi connectivity index (χ0) is 27.9. The van der Waals surface area contributed by atoms with Gasteiger partial charge in [0.1, 0.15) is 12.6 Å². The Balaban J connectivity index is 1.30. The van der Waals surface area contributed by atoms with E-state index in [4.69, 9.17) is 4.74 Å². The number of amides is 2. The number of carbonyl (C=O) groups excluding carboxylic acids is 2. The van der Waals surface area contributed by atoms with Gasteiger partial charge in [-0.05, 0) is 47.9 Å². The number of alkyl carbamates (subject to hydrolysis) is 1. The Morgan fingerprint density at radius 3 is 2.03 bits per heavy atom. The summed E-state index contributed by atoms with van der Waals surface area (Å²) in [6.45, 7) is 2.86. The summed E-state index contributed by atoms with van der Waals surface area (Å²) in [5.41, 5.74) is 4.47. The van der Waals surface area contributed by atoms with Crippen LogP contribution in [0.1, 0.15) is 101 Å². The van der Waals surface area contributed by atoms with Crippen LogP contribution in [-0.4, -0.2) is 42.3 Å². The smallest absolute Gasteiger partial charge is 0.407 e. The number of benzene rings is 2. The SMILES string of the molecule is CCCCCCCCCCC(=O)NCCCCC(NC(=O)OCC1c2ccccc2-c2ccccc21)C(=O)O. The minimum absolute atomic E-state index is 0.0486. The number of hydrogen-bond acceptors (Lipinski definition) is 4. The van der Waals surface area contributed by atoms with Crippen molar-refractivity contribution >= 4 is 18.0 Å². The molecule has 1 aliphatic carbocycles. The van der Waals surface area contributed by atoms with Crippen LogP contribution in [0.4, 0.5) is 4.79 Å². The molecule has 2 amide bonds. The minimum atomic E-state index is -1.10. The zero-order valence-electron chi connectivity index (χ0n) is 23.3. The Morgan fingerprint density at radius 2 is 1.41 bits per heavy atom. The van der Waals surface area contributed by atoms with Crippen molar-refractivity contribution in [3.8, 4) is 11.1 Å². The first kappa shape index (κ1) is 30.2. The molecule has 7 heteroatoms. The highest BCUT2D eigenvalue weighted by atomic mass is 16.5. The number of ether oxygens (including phenoxy) is 1. The molecule has 0 saturated heterocycles. The summed E-state index contributed by atoms with van der Waals surface area (Å²) >= 11 is 0. The van der Waals surface area contributed by atoms with Gasteiger partial charge >= 0.3 is 12.1 Å². The monoisotopic (exact) mass is 536 g/mol. The second-order valence-electron chi connectivity index (χ2n) is 10.4. The highest BCUT2D eigenvalue weighted by molar-refractivity contribution is 5.81. The lowest BCUT2D eigenvalue weighted by atomic mass is 9.98. The van der Waals surface area contributed by atoms with Crippen LogP contribution in [0.15, 0.2) is 48.5 Å². The van der Waals surface area contributed by atoms with Gasteiger partial charge in [-0.2, -0.15) is 0 Å². The van der Waals surface area contributed by atoms with E-state index in [9.17, 15) is 19.5 Å². The van der Waals surface area contributed by atoms with E-state index in [1.165, 1.54) is 38.5 Å². The lowest BCUT2D eigenvalue weighted by molar-refractivity contribution is -0.139. The minimum Gasteiger partial charge on any atom is -0.480 e. The normalized spacial score (nSPS) is 12.8. The zero-order valence-corrected chi connectivity index (χ0v) is 23.3. The molecule has 39 heavy (non-hydrogen) atoms. The molecule has 0 radical (unpaired) electrons. The molecule has 7 nitrogen and oxygen atoms in total. The Bertz CT molecular complexity index is 1020. The predicted octanol–water partition coefficient (Wildman–Crippen LogP) is 6.80. The average molecular weight is 537 g/mol. The largest absolute Gasteiger partial charge is 0.480 e. The molecule has 2 aromatic rings. The Morgan fingerprint density at radius 1 is 0.821 bits per heavy atom. The molecule has 0 aliphatic heterocycles. The van der Waals surface area contributed by atoms with E-state index in [0.29, 0.717) is 25.8 Å². The first-order chi connectivity index (χ1) is 19.0. The summed E-state index contributed by atoms with van der Waals surface area (Å²) in [6.07, 6.45) is 10.9. The first-order valence-electron chi connectivity index (χ1n) is 14.6. The quantitative estimate of drug-likeness (QED) is 0.182. The standard InChI is InChI=1S/C32H44N2O5/c1-2-3-4-5-6-7-8-9-21-30(35)33-22-15-14-20-29(31(36)37)34-32(38)39-23-28-26-18-12-10-16-24(26)25-17-11-13-19-27(25)28/h10-13,16-19,28-29H,2-9,14-15,20-23H2,1H3,(H,33,35)(H,34,38)(H,36,37). The fourth-order valence-corrected chi connectivity index (χ4v) is 5.25. The van der Waals surface area contributed by atoms with E-state index in [1.54, 1.807) is 0 Å². The summed E-state index contributed by atoms with van der Waals surface area (Å²) in [6, 6.07) is 15.1. The maximum absolute atomic E-state index is 12.5. The number of carbonyl (C=O) groups is 3. The number of hydrogen-bond donors (Lipinski definition) is 3. The van der Waals surface area contributed by atoms with E-state index in [0.717, 1.165) is 35.1 Å². The van der Waals surface area contributed by atoms with Crippen molar-refractivity contribution in [2.45, 2.75) is 95.9 Å². The molecule has 0 heterocycles. The van der Waals surface area contributed by atoms with Crippen LogP contribution in [0.3, 0.4) is 0 Å². The van der Waals surface area contributed by atoms with Gasteiger partial charge < -0.3 is 20.5 Å². The summed E-state index contributed by atoms with van der Waals surface area (Å²) in [5.74, 6) is -1.13. The van der Waals surface area contributed by atoms with Crippen molar-refractivity contribution in [1.82, 2.24) is 10.6 Å². The predicted molar refractivity (Wildman–Crippen MR) is 154 cm³/mol. The van der Waals surface area contributed by atoms with E-state index >= 15 is 0 Å². The molecular formula is C32H44N2O5. The lowest BCUT2D eigenvalue weighted by Gasteiger charge is -2.17.